The van der Waals surface area contributed by atoms with Crippen molar-refractivity contribution in [2.75, 3.05) is 30.8 Å². The molecule has 2 aromatic rings. The Bertz CT molecular complexity index is 1170. The molecule has 32 heavy (non-hydrogen) atoms. The highest BCUT2D eigenvalue weighted by Gasteiger charge is 2.28. The summed E-state index contributed by atoms with van der Waals surface area (Å²) in [6.07, 6.45) is 3.34. The Balaban J connectivity index is 1.57. The molecule has 0 saturated carbocycles. The monoisotopic (exact) mass is 494 g/mol. The third-order valence-electron chi connectivity index (χ3n) is 5.76. The van der Waals surface area contributed by atoms with Crippen molar-refractivity contribution < 1.29 is 17.9 Å². The summed E-state index contributed by atoms with van der Waals surface area (Å²) in [5, 5.41) is 7.03. The second-order valence-corrected chi connectivity index (χ2v) is 10.9. The normalized spacial score (nSPS) is 18.6. The summed E-state index contributed by atoms with van der Waals surface area (Å²) in [4.78, 5) is 13.4. The van der Waals surface area contributed by atoms with E-state index in [0.29, 0.717) is 41.9 Å². The summed E-state index contributed by atoms with van der Waals surface area (Å²) >= 11 is 13.0. The Labute approximate surface area is 197 Å². The first kappa shape index (κ1) is 23.3. The molecule has 9 heteroatoms. The third kappa shape index (κ3) is 4.72. The highest BCUT2D eigenvalue weighted by atomic mass is 35.5. The molecule has 0 saturated heterocycles. The maximum Gasteiger partial charge on any atom is 0.246 e. The lowest BCUT2D eigenvalue weighted by atomic mass is 9.94. The molecule has 0 aliphatic carbocycles. The summed E-state index contributed by atoms with van der Waals surface area (Å²) in [5.41, 5.74) is 3.92. The van der Waals surface area contributed by atoms with Gasteiger partial charge in [0.2, 0.25) is 5.91 Å². The van der Waals surface area contributed by atoms with Crippen LogP contribution in [0.5, 0.6) is 0 Å². The maximum atomic E-state index is 13.1. The maximum absolute atomic E-state index is 13.1. The lowest BCUT2D eigenvalue weighted by Crippen LogP contribution is -2.38. The molecular formula is C23H24Cl2N2O4S. The topological polar surface area (TPSA) is 84.5 Å². The molecular weight excluding hydrogens is 471 g/mol. The van der Waals surface area contributed by atoms with Crippen LogP contribution in [0.1, 0.15) is 36.1 Å². The van der Waals surface area contributed by atoms with Gasteiger partial charge in [-0.15, -0.1) is 0 Å². The van der Waals surface area contributed by atoms with Gasteiger partial charge in [0.15, 0.2) is 9.84 Å². The van der Waals surface area contributed by atoms with Crippen molar-refractivity contribution in [1.82, 2.24) is 5.32 Å². The van der Waals surface area contributed by atoms with Gasteiger partial charge < -0.3 is 15.4 Å². The molecule has 1 atom stereocenters. The highest BCUT2D eigenvalue weighted by Crippen LogP contribution is 2.37. The first-order valence-corrected chi connectivity index (χ1v) is 12.9. The van der Waals surface area contributed by atoms with Crippen molar-refractivity contribution in [3.63, 3.8) is 0 Å². The molecule has 2 N–H and O–H groups in total. The van der Waals surface area contributed by atoms with Crippen molar-refractivity contribution in [3.05, 3.63) is 63.1 Å². The Morgan fingerprint density at radius 3 is 2.59 bits per heavy atom. The quantitative estimate of drug-likeness (QED) is 0.642. The standard InChI is InChI=1S/C23H24Cl2N2O4S/c1-2-32(29,30)17-3-4-18-15(11-17)5-8-26-22(18)23(28)27-16-12-19(24)21(20(25)13-16)14-6-9-31-10-7-14/h3-4,6,11-13,22,26H,2,5,7-10H2,1H3,(H,27,28). The van der Waals surface area contributed by atoms with Crippen LogP contribution in [0.25, 0.3) is 5.57 Å². The van der Waals surface area contributed by atoms with Gasteiger partial charge in [-0.1, -0.05) is 42.3 Å². The molecule has 0 aromatic heterocycles. The van der Waals surface area contributed by atoms with Crippen LogP contribution in [0.3, 0.4) is 0 Å². The molecule has 1 unspecified atom stereocenters. The second kappa shape index (κ2) is 9.53. The molecule has 0 spiro atoms. The van der Waals surface area contributed by atoms with Gasteiger partial charge in [-0.05, 0) is 53.8 Å². The van der Waals surface area contributed by atoms with E-state index in [2.05, 4.69) is 10.6 Å². The zero-order valence-electron chi connectivity index (χ0n) is 17.6. The van der Waals surface area contributed by atoms with Crippen LogP contribution in [-0.2, 0) is 25.8 Å². The first-order chi connectivity index (χ1) is 15.3. The second-order valence-electron chi connectivity index (χ2n) is 7.76. The summed E-state index contributed by atoms with van der Waals surface area (Å²) in [6.45, 7) is 3.32. The van der Waals surface area contributed by atoms with Crippen molar-refractivity contribution >= 4 is 50.2 Å². The van der Waals surface area contributed by atoms with Gasteiger partial charge in [0.05, 0.1) is 33.9 Å². The predicted molar refractivity (Wildman–Crippen MR) is 127 cm³/mol. The molecule has 2 aliphatic rings. The number of ether oxygens (including phenoxy) is 1. The minimum Gasteiger partial charge on any atom is -0.377 e. The van der Waals surface area contributed by atoms with Gasteiger partial charge in [-0.3, -0.25) is 4.79 Å². The van der Waals surface area contributed by atoms with Crippen molar-refractivity contribution in [2.45, 2.75) is 30.7 Å². The van der Waals surface area contributed by atoms with Crippen LogP contribution in [0.4, 0.5) is 5.69 Å². The molecule has 6 nitrogen and oxygen atoms in total. The fraction of sp³-hybridized carbons (Fsp3) is 0.348. The van der Waals surface area contributed by atoms with Crippen LogP contribution in [0.15, 0.2) is 41.3 Å². The van der Waals surface area contributed by atoms with Crippen LogP contribution in [0.2, 0.25) is 10.0 Å². The van der Waals surface area contributed by atoms with Crippen LogP contribution < -0.4 is 10.6 Å². The van der Waals surface area contributed by atoms with E-state index >= 15 is 0 Å². The molecule has 2 heterocycles. The van der Waals surface area contributed by atoms with E-state index in [-0.39, 0.29) is 16.6 Å². The largest absolute Gasteiger partial charge is 0.377 e. The molecule has 1 amide bonds. The number of rotatable bonds is 5. The Morgan fingerprint density at radius 2 is 1.94 bits per heavy atom. The number of sulfone groups is 1. The first-order valence-electron chi connectivity index (χ1n) is 10.5. The molecule has 0 radical (unpaired) electrons. The Hall–Kier alpha value is -1.90. The van der Waals surface area contributed by atoms with E-state index in [4.69, 9.17) is 27.9 Å². The molecule has 170 valence electrons. The SMILES string of the molecule is CCS(=O)(=O)c1ccc2c(c1)CCNC2C(=O)Nc1cc(Cl)c(C2=CCOCC2)c(Cl)c1. The van der Waals surface area contributed by atoms with E-state index in [0.717, 1.165) is 28.7 Å². The summed E-state index contributed by atoms with van der Waals surface area (Å²) in [5.74, 6) is -0.225. The van der Waals surface area contributed by atoms with Gasteiger partial charge >= 0.3 is 0 Å². The van der Waals surface area contributed by atoms with Crippen molar-refractivity contribution in [1.29, 1.82) is 0 Å². The van der Waals surface area contributed by atoms with Gasteiger partial charge in [-0.25, -0.2) is 8.42 Å². The number of anilines is 1. The fourth-order valence-electron chi connectivity index (χ4n) is 4.06. The Morgan fingerprint density at radius 1 is 1.19 bits per heavy atom. The number of carbonyl (C=O) groups is 1. The van der Waals surface area contributed by atoms with E-state index in [1.165, 1.54) is 0 Å². The third-order valence-corrected chi connectivity index (χ3v) is 8.09. The number of hydrogen-bond donors (Lipinski definition) is 2. The average molecular weight is 495 g/mol. The van der Waals surface area contributed by atoms with Crippen LogP contribution >= 0.6 is 23.2 Å². The lowest BCUT2D eigenvalue weighted by molar-refractivity contribution is -0.118. The number of amides is 1. The minimum atomic E-state index is -3.30. The van der Waals surface area contributed by atoms with E-state index in [1.807, 2.05) is 6.08 Å². The Kier molecular flexibility index (Phi) is 6.93. The number of hydrogen-bond acceptors (Lipinski definition) is 5. The van der Waals surface area contributed by atoms with Gasteiger partial charge in [0.25, 0.3) is 0 Å². The smallest absolute Gasteiger partial charge is 0.246 e. The highest BCUT2D eigenvalue weighted by molar-refractivity contribution is 7.91. The number of halogens is 2. The number of nitrogens with one attached hydrogen (secondary N) is 2. The average Bonchev–Trinajstić information content (AvgIpc) is 2.78. The van der Waals surface area contributed by atoms with Gasteiger partial charge in [0.1, 0.15) is 6.04 Å². The fourth-order valence-corrected chi connectivity index (χ4v) is 5.72. The van der Waals surface area contributed by atoms with Gasteiger partial charge in [0, 0.05) is 17.8 Å². The molecule has 2 aliphatic heterocycles. The summed E-state index contributed by atoms with van der Waals surface area (Å²) < 4.78 is 29.8. The zero-order chi connectivity index (χ0) is 22.9. The predicted octanol–water partition coefficient (Wildman–Crippen LogP) is 4.42. The van der Waals surface area contributed by atoms with Gasteiger partial charge in [-0.2, -0.15) is 0 Å². The molecule has 0 fully saturated rings. The minimum absolute atomic E-state index is 0.0371. The molecule has 4 rings (SSSR count). The van der Waals surface area contributed by atoms with E-state index in [1.54, 1.807) is 37.3 Å². The van der Waals surface area contributed by atoms with E-state index in [9.17, 15) is 13.2 Å². The van der Waals surface area contributed by atoms with Crippen molar-refractivity contribution in [2.24, 2.45) is 0 Å². The zero-order valence-corrected chi connectivity index (χ0v) is 19.9. The lowest BCUT2D eigenvalue weighted by Gasteiger charge is -2.27. The summed E-state index contributed by atoms with van der Waals surface area (Å²) in [6, 6.07) is 7.74. The number of benzene rings is 2. The van der Waals surface area contributed by atoms with Crippen molar-refractivity contribution in [3.8, 4) is 0 Å². The number of carbonyl (C=O) groups excluding carboxylic acids is 1. The molecule has 2 aromatic carbocycles. The van der Waals surface area contributed by atoms with Crippen LogP contribution in [0, 0.1) is 0 Å². The van der Waals surface area contributed by atoms with E-state index < -0.39 is 15.9 Å². The summed E-state index contributed by atoms with van der Waals surface area (Å²) in [7, 11) is -3.30. The molecule has 0 bridgehead atoms. The van der Waals surface area contributed by atoms with Crippen LogP contribution in [-0.4, -0.2) is 39.8 Å². The number of fused-ring (bicyclic) bond motifs is 1.